The number of nitrogens with zero attached hydrogens (tertiary/aromatic N) is 1. The first kappa shape index (κ1) is 23.1. The van der Waals surface area contributed by atoms with Gasteiger partial charge in [-0.2, -0.15) is 0 Å². The normalized spacial score (nSPS) is 17.5. The number of amides is 1. The fourth-order valence-electron chi connectivity index (χ4n) is 3.85. The number of rotatable bonds is 8. The first-order valence-corrected chi connectivity index (χ1v) is 10.0. The number of aliphatic hydroxyl groups is 1. The average molecular weight is 441 g/mol. The van der Waals surface area contributed by atoms with Crippen LogP contribution < -0.4 is 14.2 Å². The van der Waals surface area contributed by atoms with Gasteiger partial charge in [-0.25, -0.2) is 0 Å². The van der Waals surface area contributed by atoms with Crippen molar-refractivity contribution in [2.24, 2.45) is 0 Å². The van der Waals surface area contributed by atoms with Crippen LogP contribution in [-0.4, -0.2) is 63.3 Å². The van der Waals surface area contributed by atoms with Crippen molar-refractivity contribution in [3.63, 3.8) is 0 Å². The fraction of sp³-hybridized carbons (Fsp3) is 0.333. The number of ketones is 1. The lowest BCUT2D eigenvalue weighted by Gasteiger charge is -2.26. The standard InChI is InChI=1S/C24H27NO7/c1-14-12-15(6-9-18(14)31-4)22(26)20-21(25(10-11-29-2)24(28)23(20)27)17-8-7-16(30-3)13-19(17)32-5/h6-9,12-13,21,26H,10-11H2,1-5H3/b22-20+/t21-/m1/s1. The summed E-state index contributed by atoms with van der Waals surface area (Å²) in [6.07, 6.45) is 0. The number of ether oxygens (including phenoxy) is 4. The molecule has 1 amide bonds. The predicted octanol–water partition coefficient (Wildman–Crippen LogP) is 3.09. The third-order valence-electron chi connectivity index (χ3n) is 5.48. The van der Waals surface area contributed by atoms with Crippen molar-refractivity contribution in [3.8, 4) is 17.2 Å². The maximum atomic E-state index is 13.1. The van der Waals surface area contributed by atoms with Crippen molar-refractivity contribution in [1.82, 2.24) is 4.90 Å². The minimum atomic E-state index is -0.853. The van der Waals surface area contributed by atoms with Crippen molar-refractivity contribution >= 4 is 17.4 Å². The van der Waals surface area contributed by atoms with Crippen LogP contribution in [-0.2, 0) is 14.3 Å². The lowest BCUT2D eigenvalue weighted by Crippen LogP contribution is -2.32. The van der Waals surface area contributed by atoms with Crippen LogP contribution in [0.5, 0.6) is 17.2 Å². The van der Waals surface area contributed by atoms with Crippen LogP contribution in [0.2, 0.25) is 0 Å². The first-order chi connectivity index (χ1) is 15.4. The summed E-state index contributed by atoms with van der Waals surface area (Å²) in [4.78, 5) is 27.4. The molecule has 8 nitrogen and oxygen atoms in total. The monoisotopic (exact) mass is 441 g/mol. The van der Waals surface area contributed by atoms with Gasteiger partial charge in [0.25, 0.3) is 11.7 Å². The molecular formula is C24H27NO7. The molecule has 1 atom stereocenters. The molecule has 0 saturated carbocycles. The van der Waals surface area contributed by atoms with Crippen LogP contribution >= 0.6 is 0 Å². The van der Waals surface area contributed by atoms with Crippen molar-refractivity contribution in [3.05, 3.63) is 58.7 Å². The zero-order valence-electron chi connectivity index (χ0n) is 18.8. The molecule has 1 N–H and O–H groups in total. The van der Waals surface area contributed by atoms with E-state index in [1.54, 1.807) is 43.5 Å². The number of methoxy groups -OCH3 is 4. The molecular weight excluding hydrogens is 414 g/mol. The Kier molecular flexibility index (Phi) is 7.05. The second-order valence-corrected chi connectivity index (χ2v) is 7.28. The van der Waals surface area contributed by atoms with E-state index in [0.717, 1.165) is 5.56 Å². The molecule has 1 fully saturated rings. The topological polar surface area (TPSA) is 94.5 Å². The Balaban J connectivity index is 2.22. The second-order valence-electron chi connectivity index (χ2n) is 7.28. The fourth-order valence-corrected chi connectivity index (χ4v) is 3.85. The Morgan fingerprint density at radius 3 is 2.28 bits per heavy atom. The number of hydrogen-bond acceptors (Lipinski definition) is 7. The van der Waals surface area contributed by atoms with E-state index < -0.39 is 17.7 Å². The molecule has 1 aliphatic rings. The summed E-state index contributed by atoms with van der Waals surface area (Å²) in [6, 6.07) is 9.31. The molecule has 2 aromatic carbocycles. The number of carbonyl (C=O) groups is 2. The first-order valence-electron chi connectivity index (χ1n) is 10.0. The quantitative estimate of drug-likeness (QED) is 0.382. The van der Waals surface area contributed by atoms with Crippen molar-refractivity contribution < 1.29 is 33.6 Å². The smallest absolute Gasteiger partial charge is 0.295 e. The van der Waals surface area contributed by atoms with Gasteiger partial charge in [0, 0.05) is 30.8 Å². The van der Waals surface area contributed by atoms with E-state index in [4.69, 9.17) is 18.9 Å². The Morgan fingerprint density at radius 2 is 1.69 bits per heavy atom. The summed E-state index contributed by atoms with van der Waals surface area (Å²) >= 11 is 0. The van der Waals surface area contributed by atoms with Gasteiger partial charge in [-0.15, -0.1) is 0 Å². The highest BCUT2D eigenvalue weighted by atomic mass is 16.5. The van der Waals surface area contributed by atoms with E-state index >= 15 is 0 Å². The van der Waals surface area contributed by atoms with Gasteiger partial charge in [-0.05, 0) is 42.8 Å². The number of aryl methyl sites for hydroxylation is 1. The number of aliphatic hydroxyl groups excluding tert-OH is 1. The molecule has 3 rings (SSSR count). The number of Topliss-reactive ketones (excluding diaryl/α,β-unsaturated/α-hetero) is 1. The highest BCUT2D eigenvalue weighted by Gasteiger charge is 2.47. The summed E-state index contributed by atoms with van der Waals surface area (Å²) in [5.74, 6) is -0.111. The van der Waals surface area contributed by atoms with Gasteiger partial charge in [0.2, 0.25) is 0 Å². The highest BCUT2D eigenvalue weighted by molar-refractivity contribution is 6.46. The van der Waals surface area contributed by atoms with E-state index in [-0.39, 0.29) is 24.5 Å². The molecule has 1 saturated heterocycles. The molecule has 170 valence electrons. The lowest BCUT2D eigenvalue weighted by atomic mass is 9.94. The largest absolute Gasteiger partial charge is 0.507 e. The number of hydrogen-bond donors (Lipinski definition) is 1. The number of likely N-dealkylation sites (tertiary alicyclic amines) is 1. The zero-order valence-corrected chi connectivity index (χ0v) is 18.8. The second kappa shape index (κ2) is 9.74. The minimum absolute atomic E-state index is 0.0147. The lowest BCUT2D eigenvalue weighted by molar-refractivity contribution is -0.140. The van der Waals surface area contributed by atoms with Gasteiger partial charge < -0.3 is 29.0 Å². The van der Waals surface area contributed by atoms with Crippen LogP contribution in [0, 0.1) is 6.92 Å². The van der Waals surface area contributed by atoms with Crippen LogP contribution in [0.15, 0.2) is 42.0 Å². The maximum Gasteiger partial charge on any atom is 0.295 e. The molecule has 1 aliphatic heterocycles. The Morgan fingerprint density at radius 1 is 0.969 bits per heavy atom. The summed E-state index contributed by atoms with van der Waals surface area (Å²) in [6.45, 7) is 2.22. The summed E-state index contributed by atoms with van der Waals surface area (Å²) in [7, 11) is 6.09. The Bertz CT molecular complexity index is 1060. The summed E-state index contributed by atoms with van der Waals surface area (Å²) in [5, 5.41) is 11.2. The van der Waals surface area contributed by atoms with Crippen molar-refractivity contribution in [1.29, 1.82) is 0 Å². The summed E-state index contributed by atoms with van der Waals surface area (Å²) < 4.78 is 21.2. The van der Waals surface area contributed by atoms with Gasteiger partial charge in [-0.1, -0.05) is 0 Å². The molecule has 0 spiro atoms. The van der Waals surface area contributed by atoms with E-state index in [1.807, 2.05) is 6.92 Å². The molecule has 0 radical (unpaired) electrons. The molecule has 0 bridgehead atoms. The predicted molar refractivity (Wildman–Crippen MR) is 118 cm³/mol. The zero-order chi connectivity index (χ0) is 23.4. The van der Waals surface area contributed by atoms with E-state index in [9.17, 15) is 14.7 Å². The minimum Gasteiger partial charge on any atom is -0.507 e. The molecule has 8 heteroatoms. The number of benzene rings is 2. The van der Waals surface area contributed by atoms with Crippen LogP contribution in [0.1, 0.15) is 22.7 Å². The molecule has 0 unspecified atom stereocenters. The molecule has 1 heterocycles. The van der Waals surface area contributed by atoms with Crippen LogP contribution in [0.3, 0.4) is 0 Å². The maximum absolute atomic E-state index is 13.1. The molecule has 32 heavy (non-hydrogen) atoms. The number of carbonyl (C=O) groups excluding carboxylic acids is 2. The Hall–Kier alpha value is -3.52. The third-order valence-corrected chi connectivity index (χ3v) is 5.48. The molecule has 2 aromatic rings. The third kappa shape index (κ3) is 4.13. The highest BCUT2D eigenvalue weighted by Crippen LogP contribution is 2.43. The molecule has 0 aliphatic carbocycles. The van der Waals surface area contributed by atoms with E-state index in [2.05, 4.69) is 0 Å². The van der Waals surface area contributed by atoms with E-state index in [0.29, 0.717) is 28.4 Å². The van der Waals surface area contributed by atoms with E-state index in [1.165, 1.54) is 26.2 Å². The van der Waals surface area contributed by atoms with Gasteiger partial charge in [0.1, 0.15) is 23.0 Å². The van der Waals surface area contributed by atoms with Gasteiger partial charge in [0.05, 0.1) is 39.6 Å². The van der Waals surface area contributed by atoms with Gasteiger partial charge in [0.15, 0.2) is 0 Å². The van der Waals surface area contributed by atoms with Gasteiger partial charge >= 0.3 is 0 Å². The van der Waals surface area contributed by atoms with Crippen LogP contribution in [0.4, 0.5) is 0 Å². The summed E-state index contributed by atoms with van der Waals surface area (Å²) in [5.41, 5.74) is 1.73. The van der Waals surface area contributed by atoms with Crippen LogP contribution in [0.25, 0.3) is 5.76 Å². The molecule has 0 aromatic heterocycles. The Labute approximate surface area is 187 Å². The van der Waals surface area contributed by atoms with Crippen molar-refractivity contribution in [2.75, 3.05) is 41.6 Å². The van der Waals surface area contributed by atoms with Gasteiger partial charge in [-0.3, -0.25) is 9.59 Å². The van der Waals surface area contributed by atoms with Crippen molar-refractivity contribution in [2.45, 2.75) is 13.0 Å². The average Bonchev–Trinajstić information content (AvgIpc) is 3.06. The SMILES string of the molecule is COCCN1C(=O)C(=O)/C(=C(/O)c2ccc(OC)c(C)c2)[C@H]1c1ccc(OC)cc1OC.